The number of aryl methyl sites for hydroxylation is 1. The largest absolute Gasteiger partial charge is 0.394 e. The van der Waals surface area contributed by atoms with Crippen molar-refractivity contribution >= 4 is 5.91 Å². The molecule has 2 aromatic rings. The van der Waals surface area contributed by atoms with Crippen molar-refractivity contribution in [2.45, 2.75) is 38.3 Å². The van der Waals surface area contributed by atoms with Gasteiger partial charge in [0, 0.05) is 19.3 Å². The number of benzene rings is 1. The van der Waals surface area contributed by atoms with Gasteiger partial charge in [-0.2, -0.15) is 5.10 Å². The molecule has 1 aliphatic rings. The number of carbonyl (C=O) groups excluding carboxylic acids is 1. The summed E-state index contributed by atoms with van der Waals surface area (Å²) in [5, 5.41) is 14.4. The molecular weight excluding hydrogens is 290 g/mol. The Morgan fingerprint density at radius 1 is 1.30 bits per heavy atom. The van der Waals surface area contributed by atoms with Crippen LogP contribution in [-0.2, 0) is 13.0 Å². The highest BCUT2D eigenvalue weighted by Gasteiger charge is 2.43. The van der Waals surface area contributed by atoms with E-state index in [0.717, 1.165) is 24.9 Å². The predicted molar refractivity (Wildman–Crippen MR) is 88.1 cm³/mol. The number of amides is 1. The molecule has 122 valence electrons. The normalized spacial score (nSPS) is 20.9. The van der Waals surface area contributed by atoms with E-state index in [1.165, 1.54) is 0 Å². The fourth-order valence-corrected chi connectivity index (χ4v) is 3.43. The van der Waals surface area contributed by atoms with E-state index in [9.17, 15) is 9.90 Å². The molecule has 23 heavy (non-hydrogen) atoms. The minimum absolute atomic E-state index is 0.0257. The maximum Gasteiger partial charge on any atom is 0.274 e. The van der Waals surface area contributed by atoms with Gasteiger partial charge in [-0.3, -0.25) is 9.48 Å². The summed E-state index contributed by atoms with van der Waals surface area (Å²) in [5.41, 5.74) is 1.08. The third-order valence-electron chi connectivity index (χ3n) is 4.70. The van der Waals surface area contributed by atoms with Gasteiger partial charge < -0.3 is 10.0 Å². The van der Waals surface area contributed by atoms with Crippen LogP contribution in [0.15, 0.2) is 42.6 Å². The van der Waals surface area contributed by atoms with Crippen molar-refractivity contribution in [2.75, 3.05) is 13.2 Å². The second-order valence-electron chi connectivity index (χ2n) is 6.16. The summed E-state index contributed by atoms with van der Waals surface area (Å²) >= 11 is 0. The van der Waals surface area contributed by atoms with Crippen LogP contribution in [0.3, 0.4) is 0 Å². The number of aliphatic hydroxyl groups is 1. The van der Waals surface area contributed by atoms with Gasteiger partial charge >= 0.3 is 0 Å². The highest BCUT2D eigenvalue weighted by atomic mass is 16.3. The smallest absolute Gasteiger partial charge is 0.274 e. The van der Waals surface area contributed by atoms with Crippen LogP contribution in [0.2, 0.25) is 0 Å². The van der Waals surface area contributed by atoms with Crippen molar-refractivity contribution in [3.8, 4) is 0 Å². The second-order valence-corrected chi connectivity index (χ2v) is 6.16. The summed E-state index contributed by atoms with van der Waals surface area (Å²) in [5.74, 6) is -0.0836. The molecule has 0 radical (unpaired) electrons. The van der Waals surface area contributed by atoms with Gasteiger partial charge in [0.05, 0.1) is 12.1 Å². The highest BCUT2D eigenvalue weighted by Crippen LogP contribution is 2.33. The maximum atomic E-state index is 12.9. The van der Waals surface area contributed by atoms with Crippen molar-refractivity contribution in [3.05, 3.63) is 53.9 Å². The van der Waals surface area contributed by atoms with Crippen LogP contribution >= 0.6 is 0 Å². The Bertz CT molecular complexity index is 668. The Morgan fingerprint density at radius 2 is 2.09 bits per heavy atom. The molecule has 1 fully saturated rings. The number of carbonyl (C=O) groups is 1. The second kappa shape index (κ2) is 6.54. The van der Waals surface area contributed by atoms with Gasteiger partial charge in [-0.05, 0) is 37.8 Å². The minimum atomic E-state index is -0.519. The first-order valence-electron chi connectivity index (χ1n) is 8.19. The van der Waals surface area contributed by atoms with Gasteiger partial charge in [-0.15, -0.1) is 0 Å². The van der Waals surface area contributed by atoms with Crippen LogP contribution in [0.5, 0.6) is 0 Å². The number of hydrogen-bond donors (Lipinski definition) is 1. The Labute approximate surface area is 136 Å². The highest BCUT2D eigenvalue weighted by molar-refractivity contribution is 5.93. The lowest BCUT2D eigenvalue weighted by atomic mass is 9.88. The number of nitrogens with zero attached hydrogens (tertiary/aromatic N) is 3. The Balaban J connectivity index is 1.86. The van der Waals surface area contributed by atoms with Crippen LogP contribution in [0.1, 0.15) is 35.8 Å². The van der Waals surface area contributed by atoms with E-state index >= 15 is 0 Å². The molecule has 1 aliphatic heterocycles. The van der Waals surface area contributed by atoms with E-state index in [0.29, 0.717) is 18.7 Å². The molecule has 0 bridgehead atoms. The van der Waals surface area contributed by atoms with E-state index < -0.39 is 5.54 Å². The number of hydrogen-bond acceptors (Lipinski definition) is 3. The zero-order valence-corrected chi connectivity index (χ0v) is 13.5. The molecule has 0 spiro atoms. The van der Waals surface area contributed by atoms with Crippen molar-refractivity contribution in [1.29, 1.82) is 0 Å². The zero-order chi connectivity index (χ0) is 16.3. The Kier molecular flexibility index (Phi) is 4.48. The van der Waals surface area contributed by atoms with E-state index in [-0.39, 0.29) is 12.5 Å². The number of likely N-dealkylation sites (tertiary alicyclic amines) is 1. The summed E-state index contributed by atoms with van der Waals surface area (Å²) in [6.07, 6.45) is 4.22. The first-order chi connectivity index (χ1) is 11.2. The summed E-state index contributed by atoms with van der Waals surface area (Å²) in [6, 6.07) is 11.8. The third kappa shape index (κ3) is 3.01. The molecule has 1 atom stereocenters. The molecule has 3 rings (SSSR count). The first-order valence-corrected chi connectivity index (χ1v) is 8.19. The van der Waals surface area contributed by atoms with E-state index in [2.05, 4.69) is 5.10 Å². The number of aliphatic hydroxyl groups excluding tert-OH is 1. The molecule has 1 unspecified atom stereocenters. The fraction of sp³-hybridized carbons (Fsp3) is 0.444. The Hall–Kier alpha value is -2.14. The molecule has 1 amide bonds. The van der Waals surface area contributed by atoms with Crippen molar-refractivity contribution in [2.24, 2.45) is 0 Å². The number of rotatable bonds is 5. The van der Waals surface area contributed by atoms with Crippen molar-refractivity contribution in [1.82, 2.24) is 14.7 Å². The molecule has 2 heterocycles. The zero-order valence-electron chi connectivity index (χ0n) is 13.5. The maximum absolute atomic E-state index is 12.9. The van der Waals surface area contributed by atoms with Crippen molar-refractivity contribution in [3.63, 3.8) is 0 Å². The Morgan fingerprint density at radius 3 is 2.74 bits per heavy atom. The molecule has 0 saturated carbocycles. The van der Waals surface area contributed by atoms with E-state index in [1.54, 1.807) is 10.7 Å². The molecule has 5 heteroatoms. The summed E-state index contributed by atoms with van der Waals surface area (Å²) in [6.45, 7) is 3.38. The van der Waals surface area contributed by atoms with Gasteiger partial charge in [0.1, 0.15) is 5.69 Å². The van der Waals surface area contributed by atoms with Gasteiger partial charge in [0.15, 0.2) is 0 Å². The van der Waals surface area contributed by atoms with Crippen LogP contribution in [0.4, 0.5) is 0 Å². The monoisotopic (exact) mass is 313 g/mol. The van der Waals surface area contributed by atoms with Gasteiger partial charge in [-0.1, -0.05) is 30.3 Å². The quantitative estimate of drug-likeness (QED) is 0.920. The minimum Gasteiger partial charge on any atom is -0.394 e. The van der Waals surface area contributed by atoms with Crippen LogP contribution < -0.4 is 0 Å². The lowest BCUT2D eigenvalue weighted by Crippen LogP contribution is -2.51. The van der Waals surface area contributed by atoms with Gasteiger partial charge in [0.2, 0.25) is 0 Å². The molecular formula is C18H23N3O2. The van der Waals surface area contributed by atoms with Crippen LogP contribution in [0.25, 0.3) is 0 Å². The summed E-state index contributed by atoms with van der Waals surface area (Å²) in [7, 11) is 0. The topological polar surface area (TPSA) is 58.4 Å². The fourth-order valence-electron chi connectivity index (χ4n) is 3.43. The molecule has 1 N–H and O–H groups in total. The SMILES string of the molecule is CCn1ccc(C(=O)N2CCCC2(CO)Cc2ccccc2)n1. The predicted octanol–water partition coefficient (Wildman–Crippen LogP) is 2.11. The van der Waals surface area contributed by atoms with Crippen molar-refractivity contribution < 1.29 is 9.90 Å². The molecule has 1 aromatic carbocycles. The first kappa shape index (κ1) is 15.7. The molecule has 0 aliphatic carbocycles. The number of aromatic nitrogens is 2. The average Bonchev–Trinajstić information content (AvgIpc) is 3.22. The molecule has 1 aromatic heterocycles. The van der Waals surface area contributed by atoms with E-state index in [4.69, 9.17) is 0 Å². The van der Waals surface area contributed by atoms with E-state index in [1.807, 2.05) is 48.4 Å². The summed E-state index contributed by atoms with van der Waals surface area (Å²) < 4.78 is 1.75. The molecule has 5 nitrogen and oxygen atoms in total. The average molecular weight is 313 g/mol. The van der Waals surface area contributed by atoms with Crippen LogP contribution in [-0.4, -0.2) is 44.4 Å². The third-order valence-corrected chi connectivity index (χ3v) is 4.70. The van der Waals surface area contributed by atoms with Crippen LogP contribution in [0, 0.1) is 0 Å². The lowest BCUT2D eigenvalue weighted by molar-refractivity contribution is 0.0406. The standard InChI is InChI=1S/C18H23N3O2/c1-2-20-12-9-16(19-20)17(23)21-11-6-10-18(21,14-22)13-15-7-4-3-5-8-15/h3-5,7-9,12,22H,2,6,10-11,13-14H2,1H3. The van der Waals surface area contributed by atoms with Gasteiger partial charge in [0.25, 0.3) is 5.91 Å². The summed E-state index contributed by atoms with van der Waals surface area (Å²) in [4.78, 5) is 14.7. The van der Waals surface area contributed by atoms with Gasteiger partial charge in [-0.25, -0.2) is 0 Å². The lowest BCUT2D eigenvalue weighted by Gasteiger charge is -2.37. The molecule has 1 saturated heterocycles.